The Morgan fingerprint density at radius 3 is 2.77 bits per heavy atom. The second-order valence-corrected chi connectivity index (χ2v) is 9.13. The Morgan fingerprint density at radius 2 is 2.10 bits per heavy atom. The van der Waals surface area contributed by atoms with Gasteiger partial charge in [0.25, 0.3) is 0 Å². The highest BCUT2D eigenvalue weighted by Crippen LogP contribution is 2.45. The van der Waals surface area contributed by atoms with Gasteiger partial charge in [-0.3, -0.25) is 9.78 Å². The molecule has 0 bridgehead atoms. The van der Waals surface area contributed by atoms with Gasteiger partial charge in [0.1, 0.15) is 0 Å². The smallest absolute Gasteiger partial charge is 0.381 e. The van der Waals surface area contributed by atoms with E-state index >= 15 is 0 Å². The molecule has 1 saturated heterocycles. The SMILES string of the molecule is CC1COCCC1N[C@H]1CC[C@](C(=O)NCc2cncc(C(F)(F)F)c2)(C(C)C)C1. The molecule has 1 aromatic rings. The largest absolute Gasteiger partial charge is 0.417 e. The molecular weight excluding hydrogens is 395 g/mol. The van der Waals surface area contributed by atoms with Gasteiger partial charge >= 0.3 is 6.18 Å². The highest BCUT2D eigenvalue weighted by molar-refractivity contribution is 5.83. The Labute approximate surface area is 176 Å². The lowest BCUT2D eigenvalue weighted by Crippen LogP contribution is -2.48. The maximum Gasteiger partial charge on any atom is 0.417 e. The molecule has 30 heavy (non-hydrogen) atoms. The Bertz CT molecular complexity index is 741. The highest BCUT2D eigenvalue weighted by Gasteiger charge is 2.47. The van der Waals surface area contributed by atoms with E-state index in [1.54, 1.807) is 0 Å². The number of amides is 1. The second-order valence-electron chi connectivity index (χ2n) is 9.13. The van der Waals surface area contributed by atoms with Gasteiger partial charge < -0.3 is 15.4 Å². The molecule has 3 rings (SSSR count). The van der Waals surface area contributed by atoms with Gasteiger partial charge in [-0.1, -0.05) is 20.8 Å². The minimum absolute atomic E-state index is 0.0410. The van der Waals surface area contributed by atoms with Crippen molar-refractivity contribution in [3.63, 3.8) is 0 Å². The average Bonchev–Trinajstić information content (AvgIpc) is 3.13. The normalized spacial score (nSPS) is 29.9. The van der Waals surface area contributed by atoms with E-state index in [0.717, 1.165) is 51.2 Å². The average molecular weight is 428 g/mol. The van der Waals surface area contributed by atoms with E-state index in [-0.39, 0.29) is 24.4 Å². The van der Waals surface area contributed by atoms with Crippen molar-refractivity contribution in [3.8, 4) is 0 Å². The molecule has 5 nitrogen and oxygen atoms in total. The first-order valence-electron chi connectivity index (χ1n) is 10.7. The molecule has 4 atom stereocenters. The van der Waals surface area contributed by atoms with Crippen LogP contribution in [-0.2, 0) is 22.3 Å². The fraction of sp³-hybridized carbons (Fsp3) is 0.727. The summed E-state index contributed by atoms with van der Waals surface area (Å²) in [6.45, 7) is 7.83. The fourth-order valence-corrected chi connectivity index (χ4v) is 4.74. The standard InChI is InChI=1S/C22H32F3N3O2/c1-14(2)21(6-4-18(9-21)28-19-5-7-30-13-15(19)3)20(29)27-11-16-8-17(12-26-10-16)22(23,24)25/h8,10,12,14-15,18-19,28H,4-7,9,11,13H2,1-3H3,(H,27,29)/t15?,18-,19?,21+/m0/s1. The molecule has 168 valence electrons. The number of rotatable bonds is 6. The van der Waals surface area contributed by atoms with Crippen molar-refractivity contribution in [1.29, 1.82) is 0 Å². The van der Waals surface area contributed by atoms with Crippen LogP contribution < -0.4 is 10.6 Å². The topological polar surface area (TPSA) is 63.2 Å². The zero-order valence-electron chi connectivity index (χ0n) is 17.9. The van der Waals surface area contributed by atoms with Crippen LogP contribution in [0.25, 0.3) is 0 Å². The zero-order chi connectivity index (χ0) is 21.9. The maximum atomic E-state index is 13.2. The number of carbonyl (C=O) groups is 1. The summed E-state index contributed by atoms with van der Waals surface area (Å²) in [5, 5.41) is 6.62. The summed E-state index contributed by atoms with van der Waals surface area (Å²) in [7, 11) is 0. The molecule has 2 fully saturated rings. The molecule has 0 radical (unpaired) electrons. The van der Waals surface area contributed by atoms with Crippen LogP contribution in [0.3, 0.4) is 0 Å². The monoisotopic (exact) mass is 427 g/mol. The Kier molecular flexibility index (Phi) is 7.07. The van der Waals surface area contributed by atoms with Gasteiger partial charge in [-0.15, -0.1) is 0 Å². The van der Waals surface area contributed by atoms with E-state index in [1.165, 1.54) is 6.20 Å². The van der Waals surface area contributed by atoms with Gasteiger partial charge in [0, 0.05) is 37.6 Å². The molecule has 1 saturated carbocycles. The molecular formula is C22H32F3N3O2. The quantitative estimate of drug-likeness (QED) is 0.722. The number of carbonyl (C=O) groups excluding carboxylic acids is 1. The second kappa shape index (κ2) is 9.22. The number of nitrogens with zero attached hydrogens (tertiary/aromatic N) is 1. The summed E-state index contributed by atoms with van der Waals surface area (Å²) in [5.41, 5.74) is -0.967. The lowest BCUT2D eigenvalue weighted by molar-refractivity contribution is -0.137. The molecule has 2 N–H and O–H groups in total. The summed E-state index contributed by atoms with van der Waals surface area (Å²) in [6.07, 6.45) is 1.11. The maximum absolute atomic E-state index is 13.2. The predicted molar refractivity (Wildman–Crippen MR) is 108 cm³/mol. The van der Waals surface area contributed by atoms with Crippen LogP contribution in [0.5, 0.6) is 0 Å². The van der Waals surface area contributed by atoms with Crippen molar-refractivity contribution in [2.75, 3.05) is 13.2 Å². The Hall–Kier alpha value is -1.67. The van der Waals surface area contributed by atoms with Crippen LogP contribution in [0.2, 0.25) is 0 Å². The number of aromatic nitrogens is 1. The van der Waals surface area contributed by atoms with E-state index in [2.05, 4.69) is 22.5 Å². The van der Waals surface area contributed by atoms with Crippen LogP contribution >= 0.6 is 0 Å². The summed E-state index contributed by atoms with van der Waals surface area (Å²) in [5.74, 6) is 0.491. The van der Waals surface area contributed by atoms with Crippen LogP contribution in [0.1, 0.15) is 57.6 Å². The highest BCUT2D eigenvalue weighted by atomic mass is 19.4. The summed E-state index contributed by atoms with van der Waals surface area (Å²) in [6, 6.07) is 1.70. The first-order chi connectivity index (χ1) is 14.1. The van der Waals surface area contributed by atoms with Gasteiger partial charge in [-0.05, 0) is 49.1 Å². The molecule has 1 aromatic heterocycles. The molecule has 8 heteroatoms. The van der Waals surface area contributed by atoms with E-state index in [4.69, 9.17) is 4.74 Å². The number of halogens is 3. The van der Waals surface area contributed by atoms with Gasteiger partial charge in [-0.25, -0.2) is 0 Å². The number of ether oxygens (including phenoxy) is 1. The number of hydrogen-bond acceptors (Lipinski definition) is 4. The molecule has 2 aliphatic rings. The molecule has 1 amide bonds. The predicted octanol–water partition coefficient (Wildman–Crippen LogP) is 3.93. The van der Waals surface area contributed by atoms with Crippen molar-refractivity contribution < 1.29 is 22.7 Å². The Balaban J connectivity index is 1.62. The van der Waals surface area contributed by atoms with Gasteiger partial charge in [0.05, 0.1) is 17.6 Å². The van der Waals surface area contributed by atoms with Crippen molar-refractivity contribution in [3.05, 3.63) is 29.6 Å². The fourth-order valence-electron chi connectivity index (χ4n) is 4.74. The molecule has 2 unspecified atom stereocenters. The van der Waals surface area contributed by atoms with Crippen molar-refractivity contribution in [2.24, 2.45) is 17.3 Å². The first kappa shape index (κ1) is 23.0. The summed E-state index contributed by atoms with van der Waals surface area (Å²) >= 11 is 0. The third-order valence-electron chi connectivity index (χ3n) is 6.77. The van der Waals surface area contributed by atoms with Crippen molar-refractivity contribution >= 4 is 5.91 Å². The summed E-state index contributed by atoms with van der Waals surface area (Å²) < 4.78 is 44.2. The van der Waals surface area contributed by atoms with Crippen molar-refractivity contribution in [1.82, 2.24) is 15.6 Å². The molecule has 0 spiro atoms. The van der Waals surface area contributed by atoms with Crippen LogP contribution in [0.4, 0.5) is 13.2 Å². The number of pyridine rings is 1. The molecule has 0 aromatic carbocycles. The van der Waals surface area contributed by atoms with E-state index in [9.17, 15) is 18.0 Å². The first-order valence-corrected chi connectivity index (χ1v) is 10.7. The lowest BCUT2D eigenvalue weighted by atomic mass is 9.74. The molecule has 2 heterocycles. The van der Waals surface area contributed by atoms with E-state index < -0.39 is 17.2 Å². The van der Waals surface area contributed by atoms with Crippen LogP contribution in [0.15, 0.2) is 18.5 Å². The number of nitrogens with one attached hydrogen (secondary N) is 2. The number of hydrogen-bond donors (Lipinski definition) is 2. The van der Waals surface area contributed by atoms with E-state index in [0.29, 0.717) is 17.5 Å². The van der Waals surface area contributed by atoms with Crippen molar-refractivity contribution in [2.45, 2.75) is 71.3 Å². The Morgan fingerprint density at radius 1 is 1.33 bits per heavy atom. The van der Waals surface area contributed by atoms with Gasteiger partial charge in [0.2, 0.25) is 5.91 Å². The van der Waals surface area contributed by atoms with E-state index in [1.807, 2.05) is 13.8 Å². The van der Waals surface area contributed by atoms with Crippen LogP contribution in [0, 0.1) is 17.3 Å². The lowest BCUT2D eigenvalue weighted by Gasteiger charge is -2.35. The minimum atomic E-state index is -4.45. The third-order valence-corrected chi connectivity index (χ3v) is 6.77. The zero-order valence-corrected chi connectivity index (χ0v) is 17.9. The third kappa shape index (κ3) is 5.14. The molecule has 1 aliphatic heterocycles. The number of alkyl halides is 3. The summed E-state index contributed by atoms with van der Waals surface area (Å²) in [4.78, 5) is 16.8. The van der Waals surface area contributed by atoms with Gasteiger partial charge in [-0.2, -0.15) is 13.2 Å². The minimum Gasteiger partial charge on any atom is -0.381 e. The van der Waals surface area contributed by atoms with Crippen LogP contribution in [-0.4, -0.2) is 36.2 Å². The molecule has 1 aliphatic carbocycles. The van der Waals surface area contributed by atoms with Gasteiger partial charge in [0.15, 0.2) is 0 Å².